The van der Waals surface area contributed by atoms with Crippen LogP contribution < -0.4 is 0 Å². The van der Waals surface area contributed by atoms with Crippen molar-refractivity contribution in [2.24, 2.45) is 40.4 Å². The largest absolute Gasteiger partial charge is 0.414 e. The van der Waals surface area contributed by atoms with Crippen LogP contribution in [0.3, 0.4) is 0 Å². The predicted octanol–water partition coefficient (Wildman–Crippen LogP) is 5.77. The molecule has 1 N–H and O–H groups in total. The third-order valence-electron chi connectivity index (χ3n) is 11.2. The molecule has 4 nitrogen and oxygen atoms in total. The summed E-state index contributed by atoms with van der Waals surface area (Å²) in [7, 11) is -2.05. The van der Waals surface area contributed by atoms with Gasteiger partial charge in [0.15, 0.2) is 8.32 Å². The minimum atomic E-state index is -2.05. The molecule has 4 aliphatic carbocycles. The maximum atomic E-state index is 12.7. The monoisotopic (exact) mass is 462 g/mol. The zero-order valence-corrected chi connectivity index (χ0v) is 22.7. The second kappa shape index (κ2) is 7.74. The van der Waals surface area contributed by atoms with Gasteiger partial charge < -0.3 is 9.53 Å². The molecular weight excluding hydrogens is 416 g/mol. The van der Waals surface area contributed by atoms with E-state index in [1.807, 2.05) is 0 Å². The fraction of sp³-hybridized carbons (Fsp3) is 0.926. The Morgan fingerprint density at radius 1 is 1.16 bits per heavy atom. The molecule has 0 aromatic carbocycles. The van der Waals surface area contributed by atoms with Gasteiger partial charge in [-0.3, -0.25) is 9.59 Å². The first-order valence-corrected chi connectivity index (χ1v) is 15.9. The zero-order valence-electron chi connectivity index (χ0n) is 21.7. The van der Waals surface area contributed by atoms with E-state index in [0.29, 0.717) is 30.3 Å². The number of Topliss-reactive ketones (excluding diaryl/α,β-unsaturated/α-hetero) is 2. The van der Waals surface area contributed by atoms with Gasteiger partial charge in [0.2, 0.25) is 0 Å². The first-order valence-electron chi connectivity index (χ1n) is 13.0. The van der Waals surface area contributed by atoms with Crippen molar-refractivity contribution in [2.75, 3.05) is 0 Å². The number of hydrogen-bond acceptors (Lipinski definition) is 4. The highest BCUT2D eigenvalue weighted by Crippen LogP contribution is 2.68. The summed E-state index contributed by atoms with van der Waals surface area (Å²) in [6.45, 7) is 18.0. The van der Waals surface area contributed by atoms with E-state index in [1.54, 1.807) is 6.92 Å². The van der Waals surface area contributed by atoms with Crippen LogP contribution in [-0.2, 0) is 14.0 Å². The van der Waals surface area contributed by atoms with Gasteiger partial charge in [0.05, 0.1) is 6.10 Å². The second-order valence-corrected chi connectivity index (χ2v) is 18.6. The average Bonchev–Trinajstić information content (AvgIpc) is 2.98. The number of ketones is 2. The normalized spacial score (nSPS) is 46.9. The third-order valence-corrected chi connectivity index (χ3v) is 15.7. The van der Waals surface area contributed by atoms with Crippen LogP contribution in [-0.4, -0.2) is 37.2 Å². The van der Waals surface area contributed by atoms with Crippen molar-refractivity contribution < 1.29 is 19.1 Å². The molecule has 32 heavy (non-hydrogen) atoms. The van der Waals surface area contributed by atoms with Crippen molar-refractivity contribution in [3.8, 4) is 0 Å². The van der Waals surface area contributed by atoms with Crippen molar-refractivity contribution >= 4 is 19.9 Å². The Kier molecular flexibility index (Phi) is 5.95. The van der Waals surface area contributed by atoms with Crippen molar-refractivity contribution in [2.45, 2.75) is 117 Å². The fourth-order valence-corrected chi connectivity index (χ4v) is 9.76. The summed E-state index contributed by atoms with van der Waals surface area (Å²) < 4.78 is 7.24. The number of aliphatic hydroxyl groups is 1. The van der Waals surface area contributed by atoms with E-state index in [0.717, 1.165) is 32.1 Å². The van der Waals surface area contributed by atoms with Crippen LogP contribution in [0.1, 0.15) is 86.5 Å². The van der Waals surface area contributed by atoms with Crippen molar-refractivity contribution in [3.05, 3.63) is 0 Å². The quantitative estimate of drug-likeness (QED) is 0.540. The molecule has 5 heteroatoms. The summed E-state index contributed by atoms with van der Waals surface area (Å²) in [6, 6.07) is 0. The predicted molar refractivity (Wildman–Crippen MR) is 130 cm³/mol. The molecule has 0 aromatic heterocycles. The Hall–Kier alpha value is -0.523. The van der Waals surface area contributed by atoms with Crippen LogP contribution in [0.5, 0.6) is 0 Å². The van der Waals surface area contributed by atoms with Crippen molar-refractivity contribution in [3.63, 3.8) is 0 Å². The van der Waals surface area contributed by atoms with Crippen molar-refractivity contribution in [1.82, 2.24) is 0 Å². The Balaban J connectivity index is 1.80. The molecule has 6 unspecified atom stereocenters. The lowest BCUT2D eigenvalue weighted by Gasteiger charge is -2.64. The lowest BCUT2D eigenvalue weighted by atomic mass is 9.43. The Bertz CT molecular complexity index is 785. The Morgan fingerprint density at radius 2 is 1.81 bits per heavy atom. The highest BCUT2D eigenvalue weighted by atomic mass is 28.4. The molecule has 9 atom stereocenters. The SMILES string of the molecule is CC(=O)C1CCC2C3C([C@H](O[Si](C)(C)C(C)(C)C)CC12C)C1(C)CCC(=O)C[C@H]1C[C@H]3O. The van der Waals surface area contributed by atoms with Crippen LogP contribution in [0.15, 0.2) is 0 Å². The summed E-state index contributed by atoms with van der Waals surface area (Å²) in [5.74, 6) is 1.79. The van der Waals surface area contributed by atoms with E-state index in [1.165, 1.54) is 0 Å². The highest BCUT2D eigenvalue weighted by Gasteiger charge is 2.66. The third kappa shape index (κ3) is 3.60. The molecule has 0 aliphatic heterocycles. The first kappa shape index (κ1) is 24.6. The van der Waals surface area contributed by atoms with E-state index < -0.39 is 14.4 Å². The van der Waals surface area contributed by atoms with Gasteiger partial charge in [-0.1, -0.05) is 34.6 Å². The van der Waals surface area contributed by atoms with Crippen LogP contribution in [0.2, 0.25) is 18.1 Å². The van der Waals surface area contributed by atoms with Crippen LogP contribution in [0.4, 0.5) is 0 Å². The van der Waals surface area contributed by atoms with Gasteiger partial charge in [0, 0.05) is 24.9 Å². The topological polar surface area (TPSA) is 63.6 Å². The average molecular weight is 463 g/mol. The smallest absolute Gasteiger partial charge is 0.192 e. The van der Waals surface area contributed by atoms with E-state index >= 15 is 0 Å². The molecule has 0 spiro atoms. The van der Waals surface area contributed by atoms with Crippen LogP contribution in [0.25, 0.3) is 0 Å². The maximum absolute atomic E-state index is 12.7. The van der Waals surface area contributed by atoms with E-state index in [9.17, 15) is 14.7 Å². The molecule has 0 saturated heterocycles. The van der Waals surface area contributed by atoms with Gasteiger partial charge in [0.25, 0.3) is 0 Å². The van der Waals surface area contributed by atoms with E-state index in [2.05, 4.69) is 47.7 Å². The molecule has 182 valence electrons. The summed E-state index contributed by atoms with van der Waals surface area (Å²) in [4.78, 5) is 25.1. The summed E-state index contributed by atoms with van der Waals surface area (Å²) in [5, 5.41) is 11.7. The van der Waals surface area contributed by atoms with Crippen LogP contribution >= 0.6 is 0 Å². The summed E-state index contributed by atoms with van der Waals surface area (Å²) in [6.07, 6.45) is 5.47. The first-order chi connectivity index (χ1) is 14.6. The van der Waals surface area contributed by atoms with Gasteiger partial charge in [-0.15, -0.1) is 0 Å². The molecule has 4 saturated carbocycles. The number of carbonyl (C=O) groups is 2. The minimum Gasteiger partial charge on any atom is -0.414 e. The molecule has 0 amide bonds. The van der Waals surface area contributed by atoms with Gasteiger partial charge >= 0.3 is 0 Å². The fourth-order valence-electron chi connectivity index (χ4n) is 8.42. The number of hydrogen-bond donors (Lipinski definition) is 1. The molecule has 0 heterocycles. The van der Waals surface area contributed by atoms with Crippen LogP contribution in [0, 0.1) is 40.4 Å². The lowest BCUT2D eigenvalue weighted by Crippen LogP contribution is -2.65. The number of fused-ring (bicyclic) bond motifs is 5. The highest BCUT2D eigenvalue weighted by molar-refractivity contribution is 6.74. The maximum Gasteiger partial charge on any atom is 0.192 e. The van der Waals surface area contributed by atoms with E-state index in [-0.39, 0.29) is 45.6 Å². The molecule has 4 fully saturated rings. The van der Waals surface area contributed by atoms with Crippen molar-refractivity contribution in [1.29, 1.82) is 0 Å². The zero-order chi connectivity index (χ0) is 23.9. The molecule has 4 rings (SSSR count). The number of rotatable bonds is 3. The molecule has 0 bridgehead atoms. The second-order valence-electron chi connectivity index (χ2n) is 13.8. The van der Waals surface area contributed by atoms with Gasteiger partial charge in [-0.05, 0) is 91.7 Å². The van der Waals surface area contributed by atoms with Gasteiger partial charge in [0.1, 0.15) is 11.6 Å². The van der Waals surface area contributed by atoms with Gasteiger partial charge in [-0.2, -0.15) is 0 Å². The molecule has 0 radical (unpaired) electrons. The summed E-state index contributed by atoms with van der Waals surface area (Å²) >= 11 is 0. The molecular formula is C27H46O4Si. The number of aliphatic hydroxyl groups excluding tert-OH is 1. The van der Waals surface area contributed by atoms with Gasteiger partial charge in [-0.25, -0.2) is 0 Å². The molecule has 4 aliphatic rings. The molecule has 0 aromatic rings. The standard InChI is InChI=1S/C27H46O4Si/c1-16(28)19-9-10-20-23-21(30)14-17-13-18(29)11-12-26(17,5)24(23)22(15-27(19,20)6)31-32(7,8)25(2,3)4/h17,19-24,30H,9-15H2,1-8H3/t17-,19?,20?,21+,22+,23?,24?,26?,27?/m0/s1. The Labute approximate surface area is 196 Å². The van der Waals surface area contributed by atoms with E-state index in [4.69, 9.17) is 4.43 Å². The number of carbonyl (C=O) groups excluding carboxylic acids is 2. The minimum absolute atomic E-state index is 0.0283. The summed E-state index contributed by atoms with van der Waals surface area (Å²) in [5.41, 5.74) is -0.0742. The Morgan fingerprint density at radius 3 is 2.41 bits per heavy atom. The lowest BCUT2D eigenvalue weighted by molar-refractivity contribution is -0.201.